The molecule has 0 aliphatic rings. The molecule has 0 spiro atoms. The van der Waals surface area contributed by atoms with E-state index in [9.17, 15) is 34.5 Å². The van der Waals surface area contributed by atoms with Gasteiger partial charge in [0, 0.05) is 0 Å². The van der Waals surface area contributed by atoms with Crippen LogP contribution in [0.2, 0.25) is 0 Å². The van der Waals surface area contributed by atoms with Crippen molar-refractivity contribution in [1.82, 2.24) is 0 Å². The van der Waals surface area contributed by atoms with Crippen LogP contribution < -0.4 is 10.6 Å². The van der Waals surface area contributed by atoms with Gasteiger partial charge in [0.05, 0.1) is 13.1 Å². The lowest BCUT2D eigenvalue weighted by atomic mass is 10.3. The fourth-order valence-electron chi connectivity index (χ4n) is 1.65. The molecular weight excluding hydrogens is 394 g/mol. The monoisotopic (exact) mass is 418 g/mol. The summed E-state index contributed by atoms with van der Waals surface area (Å²) in [7, 11) is -12.0. The molecule has 2 aromatic rings. The van der Waals surface area contributed by atoms with Crippen molar-refractivity contribution in [3.8, 4) is 0 Å². The summed E-state index contributed by atoms with van der Waals surface area (Å²) < 4.78 is 78.0. The Kier molecular flexibility index (Phi) is 16.0. The topological polar surface area (TPSA) is 33.2 Å². The van der Waals surface area contributed by atoms with Gasteiger partial charge in [0.15, 0.2) is 0 Å². The average Bonchev–Trinajstić information content (AvgIpc) is 2.55. The third-order valence-corrected chi connectivity index (χ3v) is 2.48. The lowest BCUT2D eigenvalue weighted by Gasteiger charge is -1.94. The van der Waals surface area contributed by atoms with E-state index >= 15 is 0 Å². The molecule has 0 heterocycles. The lowest BCUT2D eigenvalue weighted by molar-refractivity contribution is -0.568. The largest absolute Gasteiger partial charge is 0.673 e. The van der Waals surface area contributed by atoms with Crippen LogP contribution >= 0.6 is 0 Å². The van der Waals surface area contributed by atoms with Gasteiger partial charge in [-0.15, -0.1) is 0 Å². The van der Waals surface area contributed by atoms with Crippen LogP contribution in [0, 0.1) is 0 Å². The molecule has 2 nitrogen and oxygen atoms in total. The summed E-state index contributed by atoms with van der Waals surface area (Å²) in [6, 6.07) is 20.8. The molecule has 160 valence electrons. The molecule has 0 aliphatic carbocycles. The van der Waals surface area contributed by atoms with E-state index in [4.69, 9.17) is 0 Å². The third-order valence-electron chi connectivity index (χ3n) is 2.48. The van der Waals surface area contributed by atoms with Crippen LogP contribution in [-0.2, 0) is 0 Å². The van der Waals surface area contributed by atoms with Crippen LogP contribution in [0.25, 0.3) is 0 Å². The van der Waals surface area contributed by atoms with Crippen molar-refractivity contribution in [2.75, 3.05) is 13.1 Å². The van der Waals surface area contributed by atoms with Crippen LogP contribution in [0.4, 0.5) is 45.9 Å². The van der Waals surface area contributed by atoms with E-state index in [1.165, 1.54) is 11.4 Å². The summed E-state index contributed by atoms with van der Waals surface area (Å²) in [6.07, 6.45) is 0. The maximum absolute atomic E-state index is 9.75. The van der Waals surface area contributed by atoms with E-state index in [1.807, 2.05) is 12.1 Å². The molecule has 28 heavy (non-hydrogen) atoms. The highest BCUT2D eigenvalue weighted by Crippen LogP contribution is 2.07. The molecule has 0 aliphatic heterocycles. The molecule has 0 radical (unpaired) electrons. The first-order chi connectivity index (χ1) is 12.9. The van der Waals surface area contributed by atoms with Gasteiger partial charge in [-0.25, -0.2) is 0 Å². The normalized spacial score (nSPS) is 10.4. The first-order valence-corrected chi connectivity index (χ1v) is 8.38. The molecule has 0 aromatic heterocycles. The van der Waals surface area contributed by atoms with Crippen LogP contribution in [0.5, 0.6) is 0 Å². The highest BCUT2D eigenvalue weighted by Gasteiger charge is 2.21. The standard InChI is InChI=1S/2C8H11N.2BF4/c2*1-2-9-8-6-4-3-5-7-8;2*2-1(3,4)5/h2*3-7,9H,2H2,1H3;;/q;;2*-1/p+2. The summed E-state index contributed by atoms with van der Waals surface area (Å²) in [6.45, 7) is 6.52. The molecule has 4 N–H and O–H groups in total. The number of quaternary nitrogens is 2. The van der Waals surface area contributed by atoms with Crippen LogP contribution in [0.3, 0.4) is 0 Å². The van der Waals surface area contributed by atoms with E-state index < -0.39 is 14.5 Å². The quantitative estimate of drug-likeness (QED) is 0.420. The Hall–Kier alpha value is -2.07. The smallest absolute Gasteiger partial charge is 0.418 e. The molecule has 0 amide bonds. The van der Waals surface area contributed by atoms with Gasteiger partial charge in [-0.2, -0.15) is 0 Å². The fraction of sp³-hybridized carbons (Fsp3) is 0.250. The van der Waals surface area contributed by atoms with Gasteiger partial charge in [0.1, 0.15) is 11.4 Å². The van der Waals surface area contributed by atoms with E-state index in [0.29, 0.717) is 0 Å². The Morgan fingerprint density at radius 2 is 0.750 bits per heavy atom. The number of benzene rings is 2. The first-order valence-electron chi connectivity index (χ1n) is 8.38. The van der Waals surface area contributed by atoms with E-state index in [1.54, 1.807) is 0 Å². The number of hydrogen-bond acceptors (Lipinski definition) is 0. The molecule has 2 rings (SSSR count). The number of rotatable bonds is 4. The molecule has 0 unspecified atom stereocenters. The first kappa shape index (κ1) is 28.1. The minimum absolute atomic E-state index is 1.12. The van der Waals surface area contributed by atoms with Crippen LogP contribution in [-0.4, -0.2) is 27.6 Å². The minimum Gasteiger partial charge on any atom is -0.418 e. The second-order valence-electron chi connectivity index (χ2n) is 5.04. The SMILES string of the molecule is CC[NH2+]c1ccccc1.CC[NH2+]c1ccccc1.F[B-](F)(F)F.F[B-](F)(F)F. The van der Waals surface area contributed by atoms with Gasteiger partial charge >= 0.3 is 14.5 Å². The van der Waals surface area contributed by atoms with Crippen molar-refractivity contribution in [3.63, 3.8) is 0 Å². The Morgan fingerprint density at radius 3 is 0.929 bits per heavy atom. The maximum Gasteiger partial charge on any atom is 0.673 e. The molecule has 0 bridgehead atoms. The fourth-order valence-corrected chi connectivity index (χ4v) is 1.65. The van der Waals surface area contributed by atoms with Crippen molar-refractivity contribution in [1.29, 1.82) is 0 Å². The molecule has 2 aromatic carbocycles. The maximum atomic E-state index is 9.75. The minimum atomic E-state index is -6.00. The highest BCUT2D eigenvalue weighted by molar-refractivity contribution is 6.50. The second kappa shape index (κ2) is 15.9. The lowest BCUT2D eigenvalue weighted by Crippen LogP contribution is -2.77. The molecular formula is C16H24B2F8N2. The van der Waals surface area contributed by atoms with Gasteiger partial charge in [-0.1, -0.05) is 36.4 Å². The number of para-hydroxylation sites is 2. The Balaban J connectivity index is 0. The Bertz CT molecular complexity index is 515. The van der Waals surface area contributed by atoms with Crippen molar-refractivity contribution >= 4 is 25.9 Å². The van der Waals surface area contributed by atoms with Crippen molar-refractivity contribution in [2.45, 2.75) is 13.8 Å². The highest BCUT2D eigenvalue weighted by atomic mass is 19.5. The molecule has 0 saturated carbocycles. The van der Waals surface area contributed by atoms with E-state index in [2.05, 4.69) is 73.0 Å². The van der Waals surface area contributed by atoms with E-state index in [0.717, 1.165) is 13.1 Å². The second-order valence-corrected chi connectivity index (χ2v) is 5.04. The van der Waals surface area contributed by atoms with Gasteiger partial charge < -0.3 is 45.2 Å². The third kappa shape index (κ3) is 31.7. The summed E-state index contributed by atoms with van der Waals surface area (Å²) in [5.74, 6) is 0. The molecule has 0 atom stereocenters. The molecule has 0 fully saturated rings. The van der Waals surface area contributed by atoms with Crippen LogP contribution in [0.15, 0.2) is 60.7 Å². The zero-order valence-electron chi connectivity index (χ0n) is 15.5. The number of halogens is 8. The average molecular weight is 418 g/mol. The predicted octanol–water partition coefficient (Wildman–Crippen LogP) is 4.40. The van der Waals surface area contributed by atoms with Gasteiger partial charge in [-0.3, -0.25) is 0 Å². The van der Waals surface area contributed by atoms with Gasteiger partial charge in [0.25, 0.3) is 0 Å². The summed E-state index contributed by atoms with van der Waals surface area (Å²) in [5, 5.41) is 4.42. The zero-order chi connectivity index (χ0) is 22.1. The molecule has 12 heteroatoms. The van der Waals surface area contributed by atoms with Gasteiger partial charge in [-0.05, 0) is 38.1 Å². The summed E-state index contributed by atoms with van der Waals surface area (Å²) in [5.41, 5.74) is 2.64. The number of nitrogens with two attached hydrogens (primary N) is 2. The van der Waals surface area contributed by atoms with Gasteiger partial charge in [0.2, 0.25) is 0 Å². The van der Waals surface area contributed by atoms with E-state index in [-0.39, 0.29) is 0 Å². The Morgan fingerprint density at radius 1 is 0.536 bits per heavy atom. The molecule has 0 saturated heterocycles. The Labute approximate surface area is 159 Å². The van der Waals surface area contributed by atoms with Crippen molar-refractivity contribution in [2.24, 2.45) is 0 Å². The zero-order valence-corrected chi connectivity index (χ0v) is 15.5. The summed E-state index contributed by atoms with van der Waals surface area (Å²) >= 11 is 0. The predicted molar refractivity (Wildman–Crippen MR) is 97.5 cm³/mol. The van der Waals surface area contributed by atoms with Crippen LogP contribution in [0.1, 0.15) is 13.8 Å². The number of hydrogen-bond donors (Lipinski definition) is 2. The van der Waals surface area contributed by atoms with Crippen molar-refractivity contribution in [3.05, 3.63) is 60.7 Å². The van der Waals surface area contributed by atoms with Crippen molar-refractivity contribution < 1.29 is 45.2 Å². The summed E-state index contributed by atoms with van der Waals surface area (Å²) in [4.78, 5) is 0.